The third kappa shape index (κ3) is 2.48. The van der Waals surface area contributed by atoms with Gasteiger partial charge >= 0.3 is 0 Å². The highest BCUT2D eigenvalue weighted by molar-refractivity contribution is 5.16. The van der Waals surface area contributed by atoms with Gasteiger partial charge in [-0.25, -0.2) is 4.39 Å². The molecule has 0 amide bonds. The molecular formula is C19H25FO2. The second-order valence-corrected chi connectivity index (χ2v) is 7.51. The number of hydrogen-bond acceptors (Lipinski definition) is 2. The Morgan fingerprint density at radius 2 is 2.09 bits per heavy atom. The number of ether oxygens (including phenoxy) is 2. The molecule has 5 atom stereocenters. The van der Waals surface area contributed by atoms with E-state index in [1.54, 1.807) is 12.1 Å². The summed E-state index contributed by atoms with van der Waals surface area (Å²) in [5, 5.41) is 0. The summed E-state index contributed by atoms with van der Waals surface area (Å²) >= 11 is 0. The van der Waals surface area contributed by atoms with Gasteiger partial charge in [0.15, 0.2) is 0 Å². The molecule has 1 aromatic rings. The third-order valence-electron chi connectivity index (χ3n) is 6.05. The first-order chi connectivity index (χ1) is 10.7. The average Bonchev–Trinajstić information content (AvgIpc) is 2.64. The van der Waals surface area contributed by atoms with Gasteiger partial charge in [0.05, 0.1) is 24.4 Å². The van der Waals surface area contributed by atoms with Crippen molar-refractivity contribution in [2.45, 2.75) is 69.9 Å². The van der Waals surface area contributed by atoms with Crippen LogP contribution >= 0.6 is 0 Å². The summed E-state index contributed by atoms with van der Waals surface area (Å²) in [6.45, 7) is 2.55. The predicted molar refractivity (Wildman–Crippen MR) is 82.9 cm³/mol. The van der Waals surface area contributed by atoms with E-state index >= 15 is 0 Å². The molecule has 2 saturated carbocycles. The van der Waals surface area contributed by atoms with E-state index in [1.165, 1.54) is 31.7 Å². The molecule has 22 heavy (non-hydrogen) atoms. The van der Waals surface area contributed by atoms with Gasteiger partial charge in [-0.05, 0) is 50.5 Å². The molecule has 2 aliphatic carbocycles. The van der Waals surface area contributed by atoms with E-state index in [2.05, 4.69) is 6.92 Å². The van der Waals surface area contributed by atoms with Crippen molar-refractivity contribution >= 4 is 0 Å². The minimum Gasteiger partial charge on any atom is -0.370 e. The van der Waals surface area contributed by atoms with E-state index in [1.807, 2.05) is 6.07 Å². The Morgan fingerprint density at radius 3 is 2.91 bits per heavy atom. The van der Waals surface area contributed by atoms with Crippen molar-refractivity contribution in [3.8, 4) is 0 Å². The van der Waals surface area contributed by atoms with Crippen LogP contribution in [-0.2, 0) is 16.1 Å². The molecule has 2 unspecified atom stereocenters. The monoisotopic (exact) mass is 304 g/mol. The zero-order chi connectivity index (χ0) is 15.2. The lowest BCUT2D eigenvalue weighted by Gasteiger charge is -2.56. The molecule has 0 spiro atoms. The van der Waals surface area contributed by atoms with Crippen LogP contribution in [0, 0.1) is 17.7 Å². The van der Waals surface area contributed by atoms with Crippen LogP contribution in [0.4, 0.5) is 4.39 Å². The topological polar surface area (TPSA) is 18.5 Å². The lowest BCUT2D eigenvalue weighted by atomic mass is 9.65. The molecule has 1 aromatic carbocycles. The third-order valence-corrected chi connectivity index (χ3v) is 6.05. The first kappa shape index (κ1) is 14.6. The largest absolute Gasteiger partial charge is 0.370 e. The fraction of sp³-hybridized carbons (Fsp3) is 0.684. The fourth-order valence-electron chi connectivity index (χ4n) is 4.90. The van der Waals surface area contributed by atoms with Crippen LogP contribution in [0.3, 0.4) is 0 Å². The van der Waals surface area contributed by atoms with E-state index in [4.69, 9.17) is 9.47 Å². The van der Waals surface area contributed by atoms with E-state index < -0.39 is 0 Å². The number of fused-ring (bicyclic) bond motifs is 1. The number of benzene rings is 1. The molecule has 120 valence electrons. The summed E-state index contributed by atoms with van der Waals surface area (Å²) in [6.07, 6.45) is 7.92. The number of halogens is 1. The molecule has 2 saturated heterocycles. The smallest absolute Gasteiger partial charge is 0.128 e. The highest BCUT2D eigenvalue weighted by Crippen LogP contribution is 2.53. The van der Waals surface area contributed by atoms with Gasteiger partial charge in [-0.3, -0.25) is 0 Å². The van der Waals surface area contributed by atoms with Crippen LogP contribution in [0.25, 0.3) is 0 Å². The normalized spacial score (nSPS) is 40.5. The molecule has 4 aliphatic rings. The lowest BCUT2D eigenvalue weighted by molar-refractivity contribution is -0.267. The molecule has 2 nitrogen and oxygen atoms in total. The molecule has 3 heteroatoms. The zero-order valence-electron chi connectivity index (χ0n) is 13.3. The van der Waals surface area contributed by atoms with Crippen molar-refractivity contribution in [1.82, 2.24) is 0 Å². The minimum atomic E-state index is -0.181. The standard InChI is InChI=1S/C19H25FO2/c1-19-11-13-6-3-5-9-17(22-19)15(13)10-18(19)21-12-14-7-2-4-8-16(14)20/h2,4,7-8,13,15,17-18H,3,5-6,9-12H2,1H3/t13?,15?,17-,18+,19-/m0/s1. The molecule has 4 fully saturated rings. The van der Waals surface area contributed by atoms with E-state index in [0.717, 1.165) is 18.8 Å². The summed E-state index contributed by atoms with van der Waals surface area (Å²) < 4.78 is 26.3. The molecule has 0 N–H and O–H groups in total. The Kier molecular flexibility index (Phi) is 3.74. The van der Waals surface area contributed by atoms with Crippen LogP contribution in [-0.4, -0.2) is 17.8 Å². The first-order valence-corrected chi connectivity index (χ1v) is 8.68. The molecule has 0 radical (unpaired) electrons. The first-order valence-electron chi connectivity index (χ1n) is 8.68. The van der Waals surface area contributed by atoms with Gasteiger partial charge in [-0.1, -0.05) is 31.0 Å². The maximum absolute atomic E-state index is 13.8. The molecular weight excluding hydrogens is 279 g/mol. The summed E-state index contributed by atoms with van der Waals surface area (Å²) in [7, 11) is 0. The van der Waals surface area contributed by atoms with Crippen molar-refractivity contribution in [3.05, 3.63) is 35.6 Å². The SMILES string of the molecule is C[C@@]12CC3CCCC[C@H](O1)C3C[C@H]2OCc1ccccc1F. The van der Waals surface area contributed by atoms with E-state index in [-0.39, 0.29) is 17.5 Å². The second-order valence-electron chi connectivity index (χ2n) is 7.51. The van der Waals surface area contributed by atoms with E-state index in [0.29, 0.717) is 24.2 Å². The second kappa shape index (κ2) is 5.61. The van der Waals surface area contributed by atoms with Gasteiger partial charge in [-0.15, -0.1) is 0 Å². The van der Waals surface area contributed by atoms with Crippen LogP contribution in [0.5, 0.6) is 0 Å². The number of rotatable bonds is 3. The van der Waals surface area contributed by atoms with Crippen LogP contribution in [0.1, 0.15) is 51.0 Å². The van der Waals surface area contributed by atoms with Gasteiger partial charge in [0.1, 0.15) is 5.82 Å². The lowest BCUT2D eigenvalue weighted by Crippen LogP contribution is -2.60. The zero-order valence-corrected chi connectivity index (χ0v) is 13.3. The molecule has 0 aromatic heterocycles. The molecule has 2 aliphatic heterocycles. The summed E-state index contributed by atoms with van der Waals surface area (Å²) in [5.41, 5.74) is 0.463. The Morgan fingerprint density at radius 1 is 1.27 bits per heavy atom. The maximum atomic E-state index is 13.8. The van der Waals surface area contributed by atoms with Crippen molar-refractivity contribution in [3.63, 3.8) is 0 Å². The molecule has 4 bridgehead atoms. The minimum absolute atomic E-state index is 0.0997. The Hall–Kier alpha value is -0.930. The Labute approximate surface area is 132 Å². The van der Waals surface area contributed by atoms with Crippen LogP contribution < -0.4 is 0 Å². The van der Waals surface area contributed by atoms with Gasteiger partial charge in [0.25, 0.3) is 0 Å². The summed E-state index contributed by atoms with van der Waals surface area (Å²) in [4.78, 5) is 0. The Balaban J connectivity index is 1.47. The van der Waals surface area contributed by atoms with Crippen molar-refractivity contribution in [2.24, 2.45) is 11.8 Å². The van der Waals surface area contributed by atoms with Gasteiger partial charge in [-0.2, -0.15) is 0 Å². The van der Waals surface area contributed by atoms with Gasteiger partial charge in [0.2, 0.25) is 0 Å². The molecule has 5 rings (SSSR count). The summed E-state index contributed by atoms with van der Waals surface area (Å²) in [6, 6.07) is 6.88. The van der Waals surface area contributed by atoms with Crippen LogP contribution in [0.2, 0.25) is 0 Å². The molecule has 2 heterocycles. The maximum Gasteiger partial charge on any atom is 0.128 e. The highest BCUT2D eigenvalue weighted by atomic mass is 19.1. The van der Waals surface area contributed by atoms with Crippen LogP contribution in [0.15, 0.2) is 24.3 Å². The van der Waals surface area contributed by atoms with E-state index in [9.17, 15) is 4.39 Å². The van der Waals surface area contributed by atoms with Crippen molar-refractivity contribution in [2.75, 3.05) is 0 Å². The predicted octanol–water partition coefficient (Wildman–Crippen LogP) is 4.47. The number of hydrogen-bond donors (Lipinski definition) is 0. The Bertz CT molecular complexity index is 528. The van der Waals surface area contributed by atoms with Crippen molar-refractivity contribution in [1.29, 1.82) is 0 Å². The van der Waals surface area contributed by atoms with Gasteiger partial charge in [0, 0.05) is 5.56 Å². The highest BCUT2D eigenvalue weighted by Gasteiger charge is 2.55. The summed E-state index contributed by atoms with van der Waals surface area (Å²) in [5.74, 6) is 1.28. The average molecular weight is 304 g/mol. The quantitative estimate of drug-likeness (QED) is 0.820. The fourth-order valence-corrected chi connectivity index (χ4v) is 4.90. The van der Waals surface area contributed by atoms with Gasteiger partial charge < -0.3 is 9.47 Å². The van der Waals surface area contributed by atoms with Crippen molar-refractivity contribution < 1.29 is 13.9 Å².